The minimum atomic E-state index is -3.53. The molecular weight excluding hydrogens is 434 g/mol. The fourth-order valence-corrected chi connectivity index (χ4v) is 6.47. The molecule has 1 unspecified atom stereocenters. The quantitative estimate of drug-likeness (QED) is 0.672. The van der Waals surface area contributed by atoms with Crippen LogP contribution in [0.15, 0.2) is 53.4 Å². The number of likely N-dealkylation sites (tertiary alicyclic amines) is 1. The molecule has 2 fully saturated rings. The molecular formula is C26H35N3O3S. The van der Waals surface area contributed by atoms with Gasteiger partial charge in [0.25, 0.3) is 0 Å². The Morgan fingerprint density at radius 2 is 1.64 bits per heavy atom. The summed E-state index contributed by atoms with van der Waals surface area (Å²) in [6, 6.07) is 15.8. The Labute approximate surface area is 198 Å². The van der Waals surface area contributed by atoms with Crippen molar-refractivity contribution in [2.75, 3.05) is 32.7 Å². The summed E-state index contributed by atoms with van der Waals surface area (Å²) in [5.74, 6) is -0.107. The van der Waals surface area contributed by atoms with Crippen molar-refractivity contribution >= 4 is 15.9 Å². The number of sulfonamides is 1. The van der Waals surface area contributed by atoms with E-state index in [1.165, 1.54) is 22.7 Å². The lowest BCUT2D eigenvalue weighted by Gasteiger charge is -2.32. The molecule has 0 aromatic heterocycles. The van der Waals surface area contributed by atoms with Crippen LogP contribution in [-0.4, -0.2) is 56.3 Å². The van der Waals surface area contributed by atoms with Gasteiger partial charge in [0.2, 0.25) is 15.9 Å². The molecule has 0 bridgehead atoms. The second-order valence-corrected chi connectivity index (χ2v) is 11.3. The van der Waals surface area contributed by atoms with Gasteiger partial charge >= 0.3 is 0 Å². The van der Waals surface area contributed by atoms with Crippen LogP contribution in [0.1, 0.15) is 48.4 Å². The van der Waals surface area contributed by atoms with E-state index in [9.17, 15) is 13.2 Å². The van der Waals surface area contributed by atoms with Gasteiger partial charge in [-0.1, -0.05) is 36.4 Å². The molecule has 1 atom stereocenters. The maximum atomic E-state index is 13.1. The first-order valence-electron chi connectivity index (χ1n) is 12.0. The summed E-state index contributed by atoms with van der Waals surface area (Å²) in [6.07, 6.45) is 3.50. The van der Waals surface area contributed by atoms with Gasteiger partial charge in [-0.15, -0.1) is 0 Å². The van der Waals surface area contributed by atoms with Crippen LogP contribution in [0, 0.1) is 19.8 Å². The first kappa shape index (κ1) is 23.9. The first-order valence-corrected chi connectivity index (χ1v) is 13.4. The van der Waals surface area contributed by atoms with Crippen molar-refractivity contribution in [2.24, 2.45) is 5.92 Å². The molecule has 2 heterocycles. The third-order valence-corrected chi connectivity index (χ3v) is 9.07. The average Bonchev–Trinajstić information content (AvgIpc) is 3.36. The van der Waals surface area contributed by atoms with Gasteiger partial charge in [0.05, 0.1) is 10.9 Å². The van der Waals surface area contributed by atoms with Crippen molar-refractivity contribution in [3.8, 4) is 0 Å². The number of benzene rings is 2. The maximum absolute atomic E-state index is 13.1. The number of nitrogens with zero attached hydrogens (tertiary/aromatic N) is 2. The van der Waals surface area contributed by atoms with Crippen LogP contribution in [0.25, 0.3) is 0 Å². The number of amides is 1. The molecule has 2 aliphatic heterocycles. The molecule has 2 saturated heterocycles. The number of carbonyl (C=O) groups is 1. The van der Waals surface area contributed by atoms with Crippen molar-refractivity contribution in [3.05, 3.63) is 65.2 Å². The predicted molar refractivity (Wildman–Crippen MR) is 130 cm³/mol. The van der Waals surface area contributed by atoms with E-state index >= 15 is 0 Å². The monoisotopic (exact) mass is 469 g/mol. The van der Waals surface area contributed by atoms with E-state index in [2.05, 4.69) is 22.3 Å². The van der Waals surface area contributed by atoms with Gasteiger partial charge in [-0.3, -0.25) is 9.69 Å². The predicted octanol–water partition coefficient (Wildman–Crippen LogP) is 3.66. The molecule has 0 radical (unpaired) electrons. The number of carbonyl (C=O) groups excluding carboxylic acids is 1. The number of piperidine rings is 1. The van der Waals surface area contributed by atoms with E-state index in [-0.39, 0.29) is 17.9 Å². The van der Waals surface area contributed by atoms with Crippen molar-refractivity contribution in [2.45, 2.75) is 50.5 Å². The molecule has 33 heavy (non-hydrogen) atoms. The lowest BCUT2D eigenvalue weighted by Crippen LogP contribution is -2.44. The van der Waals surface area contributed by atoms with Gasteiger partial charge in [0.15, 0.2) is 0 Å². The zero-order valence-corrected chi connectivity index (χ0v) is 20.5. The summed E-state index contributed by atoms with van der Waals surface area (Å²) >= 11 is 0. The molecule has 4 rings (SSSR count). The number of hydrogen-bond acceptors (Lipinski definition) is 4. The van der Waals surface area contributed by atoms with Crippen LogP contribution in [0.4, 0.5) is 0 Å². The number of nitrogens with one attached hydrogen (secondary N) is 1. The van der Waals surface area contributed by atoms with E-state index < -0.39 is 10.0 Å². The number of rotatable bonds is 7. The third-order valence-electron chi connectivity index (χ3n) is 7.18. The summed E-state index contributed by atoms with van der Waals surface area (Å²) in [7, 11) is -3.53. The Kier molecular flexibility index (Phi) is 7.51. The lowest BCUT2D eigenvalue weighted by atomic mass is 9.97. The molecule has 2 aromatic carbocycles. The Hall–Kier alpha value is -2.22. The highest BCUT2D eigenvalue weighted by Gasteiger charge is 2.33. The largest absolute Gasteiger partial charge is 0.354 e. The standard InChI is InChI=1S/C26H35N3O3S/c1-20-10-11-24(18-21(20)2)33(31,32)29-16-12-23(13-17-29)26(30)27-19-25(28-14-6-7-15-28)22-8-4-3-5-9-22/h3-5,8-11,18,23,25H,6-7,12-17,19H2,1-2H3,(H,27,30). The molecule has 7 heteroatoms. The van der Waals surface area contributed by atoms with Crippen LogP contribution in [-0.2, 0) is 14.8 Å². The third kappa shape index (κ3) is 5.48. The molecule has 1 N–H and O–H groups in total. The van der Waals surface area contributed by atoms with Crippen molar-refractivity contribution in [3.63, 3.8) is 0 Å². The fraction of sp³-hybridized carbons (Fsp3) is 0.500. The maximum Gasteiger partial charge on any atom is 0.243 e. The molecule has 2 aliphatic rings. The Bertz CT molecular complexity index is 1060. The zero-order valence-electron chi connectivity index (χ0n) is 19.7. The lowest BCUT2D eigenvalue weighted by molar-refractivity contribution is -0.126. The smallest absolute Gasteiger partial charge is 0.243 e. The zero-order chi connectivity index (χ0) is 23.4. The number of hydrogen-bond donors (Lipinski definition) is 1. The minimum absolute atomic E-state index is 0.0401. The Balaban J connectivity index is 1.34. The highest BCUT2D eigenvalue weighted by molar-refractivity contribution is 7.89. The van der Waals surface area contributed by atoms with E-state index in [0.29, 0.717) is 37.4 Å². The van der Waals surface area contributed by atoms with Crippen molar-refractivity contribution < 1.29 is 13.2 Å². The second kappa shape index (κ2) is 10.4. The van der Waals surface area contributed by atoms with Crippen LogP contribution >= 0.6 is 0 Å². The fourth-order valence-electron chi connectivity index (χ4n) is 4.91. The SMILES string of the molecule is Cc1ccc(S(=O)(=O)N2CCC(C(=O)NCC(c3ccccc3)N3CCCC3)CC2)cc1C. The molecule has 1 amide bonds. The van der Waals surface area contributed by atoms with E-state index in [0.717, 1.165) is 24.2 Å². The van der Waals surface area contributed by atoms with Crippen LogP contribution in [0.3, 0.4) is 0 Å². The highest BCUT2D eigenvalue weighted by Crippen LogP contribution is 2.27. The highest BCUT2D eigenvalue weighted by atomic mass is 32.2. The van der Waals surface area contributed by atoms with Crippen molar-refractivity contribution in [1.82, 2.24) is 14.5 Å². The van der Waals surface area contributed by atoms with Gasteiger partial charge in [0.1, 0.15) is 0 Å². The van der Waals surface area contributed by atoms with Gasteiger partial charge in [0, 0.05) is 25.6 Å². The van der Waals surface area contributed by atoms with Crippen LogP contribution < -0.4 is 5.32 Å². The van der Waals surface area contributed by atoms with Gasteiger partial charge in [-0.05, 0) is 81.4 Å². The summed E-state index contributed by atoms with van der Waals surface area (Å²) in [5.41, 5.74) is 3.28. The van der Waals surface area contributed by atoms with Gasteiger partial charge in [-0.25, -0.2) is 8.42 Å². The minimum Gasteiger partial charge on any atom is -0.354 e. The molecule has 6 nitrogen and oxygen atoms in total. The summed E-state index contributed by atoms with van der Waals surface area (Å²) in [6.45, 7) is 7.36. The molecule has 0 spiro atoms. The molecule has 2 aromatic rings. The van der Waals surface area contributed by atoms with Crippen LogP contribution in [0.2, 0.25) is 0 Å². The summed E-state index contributed by atoms with van der Waals surface area (Å²) in [5, 5.41) is 3.18. The topological polar surface area (TPSA) is 69.7 Å². The first-order chi connectivity index (χ1) is 15.9. The number of aryl methyl sites for hydroxylation is 2. The molecule has 0 saturated carbocycles. The Morgan fingerprint density at radius 3 is 2.27 bits per heavy atom. The average molecular weight is 470 g/mol. The summed E-state index contributed by atoms with van der Waals surface area (Å²) < 4.78 is 27.7. The normalized spacial score (nSPS) is 19.5. The Morgan fingerprint density at radius 1 is 0.970 bits per heavy atom. The van der Waals surface area contributed by atoms with E-state index in [1.54, 1.807) is 12.1 Å². The second-order valence-electron chi connectivity index (χ2n) is 9.34. The van der Waals surface area contributed by atoms with Gasteiger partial charge < -0.3 is 5.32 Å². The molecule has 178 valence electrons. The van der Waals surface area contributed by atoms with Crippen molar-refractivity contribution in [1.29, 1.82) is 0 Å². The van der Waals surface area contributed by atoms with Crippen LogP contribution in [0.5, 0.6) is 0 Å². The summed E-state index contributed by atoms with van der Waals surface area (Å²) in [4.78, 5) is 15.8. The van der Waals surface area contributed by atoms with E-state index in [1.807, 2.05) is 38.1 Å². The van der Waals surface area contributed by atoms with E-state index in [4.69, 9.17) is 0 Å². The molecule has 0 aliphatic carbocycles. The van der Waals surface area contributed by atoms with Gasteiger partial charge in [-0.2, -0.15) is 4.31 Å².